The van der Waals surface area contributed by atoms with Crippen molar-refractivity contribution in [3.8, 4) is 5.75 Å². The van der Waals surface area contributed by atoms with Crippen molar-refractivity contribution in [1.29, 1.82) is 0 Å². The molecule has 2 amide bonds. The largest absolute Gasteiger partial charge is 0.487 e. The molecule has 1 aliphatic heterocycles. The van der Waals surface area contributed by atoms with Crippen molar-refractivity contribution in [2.24, 2.45) is 5.92 Å². The lowest BCUT2D eigenvalue weighted by molar-refractivity contribution is -0.140. The van der Waals surface area contributed by atoms with Crippen molar-refractivity contribution in [1.82, 2.24) is 9.80 Å². The Balaban J connectivity index is 1.93. The molecule has 0 saturated heterocycles. The highest BCUT2D eigenvalue weighted by Crippen LogP contribution is 2.31. The van der Waals surface area contributed by atoms with E-state index in [4.69, 9.17) is 4.74 Å². The summed E-state index contributed by atoms with van der Waals surface area (Å²) in [7, 11) is 1.87. The SMILES string of the molecule is CC(C)C(=O)N1CCCCCCN(C)C(=O)c2ccccc2O[C@H]2CCCC[C@H]21. The molecular weight excluding hydrogens is 364 g/mol. The number of benzene rings is 1. The fraction of sp³-hybridized carbons (Fsp3) is 0.667. The van der Waals surface area contributed by atoms with E-state index in [-0.39, 0.29) is 29.9 Å². The Labute approximate surface area is 175 Å². The number of carbonyl (C=O) groups excluding carboxylic acids is 2. The first-order valence-corrected chi connectivity index (χ1v) is 11.3. The van der Waals surface area contributed by atoms with E-state index >= 15 is 0 Å². The van der Waals surface area contributed by atoms with Crippen molar-refractivity contribution in [3.05, 3.63) is 29.8 Å². The van der Waals surface area contributed by atoms with Gasteiger partial charge in [-0.1, -0.05) is 45.2 Å². The van der Waals surface area contributed by atoms with Gasteiger partial charge in [0.25, 0.3) is 5.91 Å². The summed E-state index contributed by atoms with van der Waals surface area (Å²) >= 11 is 0. The number of hydrogen-bond acceptors (Lipinski definition) is 3. The van der Waals surface area contributed by atoms with Crippen LogP contribution in [0.2, 0.25) is 0 Å². The van der Waals surface area contributed by atoms with Gasteiger partial charge in [-0.2, -0.15) is 0 Å². The molecule has 1 heterocycles. The average Bonchev–Trinajstić information content (AvgIpc) is 2.72. The smallest absolute Gasteiger partial charge is 0.257 e. The summed E-state index contributed by atoms with van der Waals surface area (Å²) in [5, 5.41) is 0. The zero-order valence-electron chi connectivity index (χ0n) is 18.2. The fourth-order valence-corrected chi connectivity index (χ4v) is 4.54. The number of hydrogen-bond donors (Lipinski definition) is 0. The van der Waals surface area contributed by atoms with Gasteiger partial charge in [-0.15, -0.1) is 0 Å². The van der Waals surface area contributed by atoms with Crippen LogP contribution in [0.5, 0.6) is 5.75 Å². The molecule has 5 nitrogen and oxygen atoms in total. The highest BCUT2D eigenvalue weighted by atomic mass is 16.5. The molecule has 29 heavy (non-hydrogen) atoms. The molecule has 0 N–H and O–H groups in total. The standard InChI is InChI=1S/C24H36N2O3/c1-18(2)23(27)26-17-11-5-4-10-16-25(3)24(28)19-12-6-8-14-21(19)29-22-15-9-7-13-20(22)26/h6,8,12,14,18,20,22H,4-5,7,9-11,13,15-17H2,1-3H3/t20-,22+/m1/s1. The molecule has 2 aliphatic rings. The third-order valence-electron chi connectivity index (χ3n) is 6.23. The number of ether oxygens (including phenoxy) is 1. The summed E-state index contributed by atoms with van der Waals surface area (Å²) in [6.45, 7) is 5.51. The quantitative estimate of drug-likeness (QED) is 0.697. The van der Waals surface area contributed by atoms with Crippen LogP contribution in [0.25, 0.3) is 0 Å². The molecule has 0 unspecified atom stereocenters. The maximum atomic E-state index is 13.0. The Hall–Kier alpha value is -2.04. The average molecular weight is 401 g/mol. The molecule has 2 atom stereocenters. The second kappa shape index (κ2) is 10.1. The van der Waals surface area contributed by atoms with Gasteiger partial charge in [0.1, 0.15) is 11.9 Å². The van der Waals surface area contributed by atoms with Crippen LogP contribution >= 0.6 is 0 Å². The van der Waals surface area contributed by atoms with E-state index in [1.807, 2.05) is 45.2 Å². The molecule has 1 aliphatic carbocycles. The zero-order valence-corrected chi connectivity index (χ0v) is 18.2. The fourth-order valence-electron chi connectivity index (χ4n) is 4.54. The minimum atomic E-state index is -0.0614. The molecule has 0 aromatic heterocycles. The Kier molecular flexibility index (Phi) is 7.57. The predicted octanol–water partition coefficient (Wildman–Crippen LogP) is 4.51. The first-order valence-electron chi connectivity index (χ1n) is 11.3. The van der Waals surface area contributed by atoms with Crippen molar-refractivity contribution < 1.29 is 14.3 Å². The normalized spacial score (nSPS) is 24.3. The van der Waals surface area contributed by atoms with Crippen molar-refractivity contribution >= 4 is 11.8 Å². The Bertz CT molecular complexity index is 703. The van der Waals surface area contributed by atoms with E-state index in [1.165, 1.54) is 0 Å². The molecular formula is C24H36N2O3. The minimum absolute atomic E-state index is 0.0140. The molecule has 0 radical (unpaired) electrons. The van der Waals surface area contributed by atoms with E-state index in [1.54, 1.807) is 4.90 Å². The lowest BCUT2D eigenvalue weighted by Gasteiger charge is -2.41. The number of rotatable bonds is 1. The number of para-hydroxylation sites is 1. The summed E-state index contributed by atoms with van der Waals surface area (Å²) in [6.07, 6.45) is 8.20. The van der Waals surface area contributed by atoms with Crippen molar-refractivity contribution in [2.75, 3.05) is 20.1 Å². The maximum Gasteiger partial charge on any atom is 0.257 e. The lowest BCUT2D eigenvalue weighted by atomic mass is 9.90. The first kappa shape index (κ1) is 21.7. The van der Waals surface area contributed by atoms with E-state index < -0.39 is 0 Å². The lowest BCUT2D eigenvalue weighted by Crippen LogP contribution is -2.52. The zero-order chi connectivity index (χ0) is 20.8. The van der Waals surface area contributed by atoms with Gasteiger partial charge in [-0.25, -0.2) is 0 Å². The molecule has 1 aromatic carbocycles. The third-order valence-corrected chi connectivity index (χ3v) is 6.23. The first-order chi connectivity index (χ1) is 14.0. The van der Waals surface area contributed by atoms with Crippen LogP contribution in [-0.2, 0) is 4.79 Å². The Morgan fingerprint density at radius 1 is 1.00 bits per heavy atom. The van der Waals surface area contributed by atoms with Gasteiger partial charge in [-0.05, 0) is 44.2 Å². The van der Waals surface area contributed by atoms with E-state index in [2.05, 4.69) is 4.90 Å². The van der Waals surface area contributed by atoms with E-state index in [0.29, 0.717) is 11.3 Å². The molecule has 1 fully saturated rings. The predicted molar refractivity (Wildman–Crippen MR) is 115 cm³/mol. The number of nitrogens with zero attached hydrogens (tertiary/aromatic N) is 2. The van der Waals surface area contributed by atoms with Gasteiger partial charge < -0.3 is 14.5 Å². The van der Waals surface area contributed by atoms with E-state index in [0.717, 1.165) is 64.5 Å². The van der Waals surface area contributed by atoms with Crippen LogP contribution in [0.3, 0.4) is 0 Å². The highest BCUT2D eigenvalue weighted by molar-refractivity contribution is 5.96. The van der Waals surface area contributed by atoms with Crippen molar-refractivity contribution in [3.63, 3.8) is 0 Å². The highest BCUT2D eigenvalue weighted by Gasteiger charge is 2.35. The van der Waals surface area contributed by atoms with Crippen molar-refractivity contribution in [2.45, 2.75) is 77.4 Å². The summed E-state index contributed by atoms with van der Waals surface area (Å²) in [5.41, 5.74) is 0.623. The molecule has 3 rings (SSSR count). The summed E-state index contributed by atoms with van der Waals surface area (Å²) in [5.74, 6) is 0.871. The monoisotopic (exact) mass is 400 g/mol. The summed E-state index contributed by atoms with van der Waals surface area (Å²) < 4.78 is 6.48. The van der Waals surface area contributed by atoms with Gasteiger partial charge in [0.05, 0.1) is 11.6 Å². The number of amides is 2. The van der Waals surface area contributed by atoms with Crippen LogP contribution in [0.15, 0.2) is 24.3 Å². The molecule has 1 aromatic rings. The maximum absolute atomic E-state index is 13.0. The van der Waals surface area contributed by atoms with Crippen LogP contribution in [0, 0.1) is 5.92 Å². The van der Waals surface area contributed by atoms with Gasteiger partial charge in [0, 0.05) is 26.1 Å². The van der Waals surface area contributed by atoms with Crippen LogP contribution < -0.4 is 4.74 Å². The number of fused-ring (bicyclic) bond motifs is 2. The van der Waals surface area contributed by atoms with Crippen LogP contribution in [0.1, 0.15) is 75.6 Å². The van der Waals surface area contributed by atoms with Gasteiger partial charge in [0.15, 0.2) is 0 Å². The van der Waals surface area contributed by atoms with Gasteiger partial charge >= 0.3 is 0 Å². The second-order valence-electron chi connectivity index (χ2n) is 8.83. The Morgan fingerprint density at radius 2 is 1.69 bits per heavy atom. The topological polar surface area (TPSA) is 49.9 Å². The molecule has 1 saturated carbocycles. The summed E-state index contributed by atoms with van der Waals surface area (Å²) in [4.78, 5) is 30.0. The van der Waals surface area contributed by atoms with Crippen LogP contribution in [-0.4, -0.2) is 53.9 Å². The number of carbonyl (C=O) groups is 2. The third kappa shape index (κ3) is 5.31. The molecule has 0 spiro atoms. The molecule has 160 valence electrons. The van der Waals surface area contributed by atoms with Gasteiger partial charge in [0.2, 0.25) is 5.91 Å². The van der Waals surface area contributed by atoms with Gasteiger partial charge in [-0.3, -0.25) is 9.59 Å². The van der Waals surface area contributed by atoms with Crippen LogP contribution in [0.4, 0.5) is 0 Å². The second-order valence-corrected chi connectivity index (χ2v) is 8.83. The van der Waals surface area contributed by atoms with E-state index in [9.17, 15) is 9.59 Å². The molecule has 5 heteroatoms. The minimum Gasteiger partial charge on any atom is -0.487 e. The Morgan fingerprint density at radius 3 is 2.45 bits per heavy atom. The molecule has 0 bridgehead atoms. The summed E-state index contributed by atoms with van der Waals surface area (Å²) in [6, 6.07) is 7.65.